The summed E-state index contributed by atoms with van der Waals surface area (Å²) in [6, 6.07) is 7.02. The summed E-state index contributed by atoms with van der Waals surface area (Å²) in [6.07, 6.45) is 4.77. The van der Waals surface area contributed by atoms with Gasteiger partial charge in [-0.1, -0.05) is 11.6 Å². The Bertz CT molecular complexity index is 446. The molecule has 0 spiro atoms. The molecule has 0 aliphatic heterocycles. The number of carbonyl (C=O) groups excluding carboxylic acids is 1. The number of hydrogen-bond acceptors (Lipinski definition) is 4. The zero-order chi connectivity index (χ0) is 13.5. The molecule has 1 N–H and O–H groups in total. The Morgan fingerprint density at radius 1 is 1.16 bits per heavy atom. The number of ether oxygens (including phenoxy) is 1. The van der Waals surface area contributed by atoms with Gasteiger partial charge in [0.2, 0.25) is 0 Å². The summed E-state index contributed by atoms with van der Waals surface area (Å²) in [5.41, 5.74) is 1.62. The summed E-state index contributed by atoms with van der Waals surface area (Å²) in [4.78, 5) is 16.4. The number of nitrogens with zero attached hydrogens (tertiary/aromatic N) is 1. The van der Waals surface area contributed by atoms with Crippen molar-refractivity contribution in [3.63, 3.8) is 0 Å². The normalized spacial score (nSPS) is 14.7. The standard InChI is InChI=1S/C14H18N2O3/c1-18-13-9-7-11(8-10-13)15-14(17)19-16-12-5-3-2-4-6-12/h7-10H,2-6H2,1H3,(H,15,17). The fourth-order valence-electron chi connectivity index (χ4n) is 1.97. The molecule has 0 atom stereocenters. The monoisotopic (exact) mass is 262 g/mol. The van der Waals surface area contributed by atoms with E-state index in [9.17, 15) is 4.79 Å². The Balaban J connectivity index is 1.82. The minimum atomic E-state index is -0.566. The SMILES string of the molecule is COc1ccc(NC(=O)ON=C2CCCCC2)cc1. The van der Waals surface area contributed by atoms with Gasteiger partial charge < -0.3 is 4.74 Å². The highest BCUT2D eigenvalue weighted by molar-refractivity contribution is 5.87. The molecule has 1 fully saturated rings. The molecular formula is C14H18N2O3. The van der Waals surface area contributed by atoms with Gasteiger partial charge in [0, 0.05) is 5.69 Å². The molecule has 5 nitrogen and oxygen atoms in total. The smallest absolute Gasteiger partial charge is 0.437 e. The maximum atomic E-state index is 11.5. The van der Waals surface area contributed by atoms with E-state index < -0.39 is 6.09 Å². The number of hydrogen-bond donors (Lipinski definition) is 1. The molecule has 0 bridgehead atoms. The average molecular weight is 262 g/mol. The van der Waals surface area contributed by atoms with Crippen molar-refractivity contribution in [2.24, 2.45) is 5.16 Å². The molecule has 0 heterocycles. The molecule has 1 amide bonds. The summed E-state index contributed by atoms with van der Waals surface area (Å²) in [7, 11) is 1.59. The molecule has 19 heavy (non-hydrogen) atoms. The maximum absolute atomic E-state index is 11.5. The van der Waals surface area contributed by atoms with E-state index in [4.69, 9.17) is 9.57 Å². The minimum Gasteiger partial charge on any atom is -0.497 e. The minimum absolute atomic E-state index is 0.566. The van der Waals surface area contributed by atoms with Gasteiger partial charge in [-0.2, -0.15) is 0 Å². The number of amides is 1. The quantitative estimate of drug-likeness (QED) is 0.669. The number of carbonyl (C=O) groups is 1. The van der Waals surface area contributed by atoms with Gasteiger partial charge in [-0.05, 0) is 49.9 Å². The van der Waals surface area contributed by atoms with Crippen LogP contribution in [0, 0.1) is 0 Å². The summed E-state index contributed by atoms with van der Waals surface area (Å²) >= 11 is 0. The lowest BCUT2D eigenvalue weighted by atomic mass is 9.99. The van der Waals surface area contributed by atoms with Gasteiger partial charge in [0.25, 0.3) is 0 Å². The first-order chi connectivity index (χ1) is 9.28. The van der Waals surface area contributed by atoms with Crippen LogP contribution in [-0.2, 0) is 4.84 Å². The van der Waals surface area contributed by atoms with Crippen LogP contribution in [0.5, 0.6) is 5.75 Å². The van der Waals surface area contributed by atoms with E-state index in [1.54, 1.807) is 31.4 Å². The van der Waals surface area contributed by atoms with Crippen LogP contribution in [0.4, 0.5) is 10.5 Å². The lowest BCUT2D eigenvalue weighted by Gasteiger charge is -2.11. The summed E-state index contributed by atoms with van der Waals surface area (Å²) in [6.45, 7) is 0. The van der Waals surface area contributed by atoms with Crippen molar-refractivity contribution >= 4 is 17.5 Å². The van der Waals surface area contributed by atoms with Crippen LogP contribution in [0.1, 0.15) is 32.1 Å². The number of methoxy groups -OCH3 is 1. The molecule has 0 saturated heterocycles. The van der Waals surface area contributed by atoms with Crippen molar-refractivity contribution in [2.45, 2.75) is 32.1 Å². The third-order valence-electron chi connectivity index (χ3n) is 3.02. The number of rotatable bonds is 3. The Morgan fingerprint density at radius 2 is 1.84 bits per heavy atom. The first-order valence-corrected chi connectivity index (χ1v) is 6.46. The van der Waals surface area contributed by atoms with Gasteiger partial charge >= 0.3 is 6.09 Å². The molecule has 1 aliphatic rings. The molecule has 5 heteroatoms. The first-order valence-electron chi connectivity index (χ1n) is 6.46. The lowest BCUT2D eigenvalue weighted by Crippen LogP contribution is -2.13. The van der Waals surface area contributed by atoms with Crippen LogP contribution < -0.4 is 10.1 Å². The van der Waals surface area contributed by atoms with Crippen LogP contribution in [0.25, 0.3) is 0 Å². The van der Waals surface area contributed by atoms with Gasteiger partial charge in [-0.15, -0.1) is 0 Å². The van der Waals surface area contributed by atoms with Crippen molar-refractivity contribution in [3.05, 3.63) is 24.3 Å². The molecular weight excluding hydrogens is 244 g/mol. The molecule has 1 aromatic rings. The highest BCUT2D eigenvalue weighted by atomic mass is 16.7. The third kappa shape index (κ3) is 4.28. The molecule has 0 aromatic heterocycles. The molecule has 2 rings (SSSR count). The zero-order valence-corrected chi connectivity index (χ0v) is 11.0. The third-order valence-corrected chi connectivity index (χ3v) is 3.02. The van der Waals surface area contributed by atoms with Gasteiger partial charge in [0.1, 0.15) is 5.75 Å². The van der Waals surface area contributed by atoms with Crippen molar-refractivity contribution in [3.8, 4) is 5.75 Å². The zero-order valence-electron chi connectivity index (χ0n) is 11.0. The highest BCUT2D eigenvalue weighted by Crippen LogP contribution is 2.16. The lowest BCUT2D eigenvalue weighted by molar-refractivity contribution is 0.165. The van der Waals surface area contributed by atoms with E-state index >= 15 is 0 Å². The number of anilines is 1. The van der Waals surface area contributed by atoms with Gasteiger partial charge in [0.15, 0.2) is 0 Å². The first kappa shape index (κ1) is 13.4. The molecule has 0 unspecified atom stereocenters. The second kappa shape index (κ2) is 6.78. The largest absolute Gasteiger partial charge is 0.497 e. The highest BCUT2D eigenvalue weighted by Gasteiger charge is 2.09. The van der Waals surface area contributed by atoms with Gasteiger partial charge in [-0.25, -0.2) is 4.79 Å². The fraction of sp³-hybridized carbons (Fsp3) is 0.429. The number of nitrogens with one attached hydrogen (secondary N) is 1. The second-order valence-electron chi connectivity index (χ2n) is 4.45. The Kier molecular flexibility index (Phi) is 4.78. The fourth-order valence-corrected chi connectivity index (χ4v) is 1.97. The molecule has 0 radical (unpaired) electrons. The van der Waals surface area contributed by atoms with Crippen LogP contribution in [0.2, 0.25) is 0 Å². The predicted octanol–water partition coefficient (Wildman–Crippen LogP) is 3.56. The van der Waals surface area contributed by atoms with Crippen LogP contribution in [0.15, 0.2) is 29.4 Å². The van der Waals surface area contributed by atoms with E-state index in [1.165, 1.54) is 6.42 Å². The van der Waals surface area contributed by atoms with E-state index in [0.717, 1.165) is 37.1 Å². The van der Waals surface area contributed by atoms with E-state index in [1.807, 2.05) is 0 Å². The summed E-state index contributed by atoms with van der Waals surface area (Å²) in [5, 5.41) is 6.50. The Morgan fingerprint density at radius 3 is 2.47 bits per heavy atom. The predicted molar refractivity (Wildman–Crippen MR) is 73.6 cm³/mol. The summed E-state index contributed by atoms with van der Waals surface area (Å²) in [5.74, 6) is 0.737. The van der Waals surface area contributed by atoms with E-state index in [2.05, 4.69) is 10.5 Å². The molecule has 1 aromatic carbocycles. The van der Waals surface area contributed by atoms with Crippen LogP contribution in [0.3, 0.4) is 0 Å². The van der Waals surface area contributed by atoms with Crippen molar-refractivity contribution in [1.82, 2.24) is 0 Å². The molecule has 1 saturated carbocycles. The average Bonchev–Trinajstić information content (AvgIpc) is 2.47. The molecule has 102 valence electrons. The Hall–Kier alpha value is -2.04. The summed E-state index contributed by atoms with van der Waals surface area (Å²) < 4.78 is 5.04. The van der Waals surface area contributed by atoms with Crippen molar-refractivity contribution in [2.75, 3.05) is 12.4 Å². The van der Waals surface area contributed by atoms with Crippen LogP contribution >= 0.6 is 0 Å². The second-order valence-corrected chi connectivity index (χ2v) is 4.45. The number of benzene rings is 1. The topological polar surface area (TPSA) is 59.9 Å². The van der Waals surface area contributed by atoms with E-state index in [0.29, 0.717) is 5.69 Å². The van der Waals surface area contributed by atoms with Gasteiger partial charge in [0.05, 0.1) is 12.8 Å². The van der Waals surface area contributed by atoms with Crippen LogP contribution in [-0.4, -0.2) is 18.9 Å². The van der Waals surface area contributed by atoms with Crippen molar-refractivity contribution in [1.29, 1.82) is 0 Å². The molecule has 1 aliphatic carbocycles. The van der Waals surface area contributed by atoms with Crippen molar-refractivity contribution < 1.29 is 14.4 Å². The van der Waals surface area contributed by atoms with E-state index in [-0.39, 0.29) is 0 Å². The van der Waals surface area contributed by atoms with Gasteiger partial charge in [-0.3, -0.25) is 10.2 Å². The Labute approximate surface area is 112 Å². The number of oxime groups is 1. The maximum Gasteiger partial charge on any atom is 0.437 e.